The standard InChI is InChI=1S/C16H22O8/c1-9-8-16(21)24-11(3)13(18)5-7-15(20)23-10(2)12(17)4-6-14(19)22-9/h4-7,9-13,17-18H,8H2,1-3H3/b6-4+,7-5+/t9-,10+,11+,12-,13+/m0/s1. The average molecular weight is 342 g/mol. The lowest BCUT2D eigenvalue weighted by Crippen LogP contribution is -2.30. The molecule has 0 saturated heterocycles. The predicted molar refractivity (Wildman–Crippen MR) is 81.6 cm³/mol. The third kappa shape index (κ3) is 6.93. The summed E-state index contributed by atoms with van der Waals surface area (Å²) >= 11 is 0. The Morgan fingerprint density at radius 1 is 0.833 bits per heavy atom. The van der Waals surface area contributed by atoms with Crippen LogP contribution >= 0.6 is 0 Å². The van der Waals surface area contributed by atoms with E-state index in [1.54, 1.807) is 0 Å². The van der Waals surface area contributed by atoms with Crippen molar-refractivity contribution in [1.82, 2.24) is 0 Å². The molecular formula is C16H22O8. The van der Waals surface area contributed by atoms with Crippen LogP contribution in [0.25, 0.3) is 0 Å². The third-order valence-electron chi connectivity index (χ3n) is 3.21. The monoisotopic (exact) mass is 342 g/mol. The fraction of sp³-hybridized carbons (Fsp3) is 0.562. The fourth-order valence-corrected chi connectivity index (χ4v) is 1.80. The summed E-state index contributed by atoms with van der Waals surface area (Å²) in [5.41, 5.74) is 0. The van der Waals surface area contributed by atoms with E-state index in [0.29, 0.717) is 0 Å². The summed E-state index contributed by atoms with van der Waals surface area (Å²) in [5, 5.41) is 19.6. The number of hydrogen-bond acceptors (Lipinski definition) is 8. The smallest absolute Gasteiger partial charge is 0.330 e. The lowest BCUT2D eigenvalue weighted by Gasteiger charge is -2.19. The minimum absolute atomic E-state index is 0.193. The first-order chi connectivity index (χ1) is 11.2. The van der Waals surface area contributed by atoms with Gasteiger partial charge in [0.25, 0.3) is 0 Å². The second kappa shape index (κ2) is 9.19. The summed E-state index contributed by atoms with van der Waals surface area (Å²) in [6, 6.07) is 0. The summed E-state index contributed by atoms with van der Waals surface area (Å²) in [7, 11) is 0. The van der Waals surface area contributed by atoms with Crippen molar-refractivity contribution < 1.29 is 38.8 Å². The SMILES string of the molecule is C[C@H]1CC(=O)O[C@H](C)[C@H](O)/C=C/C(=O)O[C@H](C)[C@@H](O)/C=C/C(=O)O1. The van der Waals surface area contributed by atoms with E-state index in [0.717, 1.165) is 24.3 Å². The molecule has 1 rings (SSSR count). The Balaban J connectivity index is 2.91. The Hall–Kier alpha value is -2.19. The maximum Gasteiger partial charge on any atom is 0.330 e. The molecule has 0 aromatic heterocycles. The molecule has 24 heavy (non-hydrogen) atoms. The third-order valence-corrected chi connectivity index (χ3v) is 3.21. The topological polar surface area (TPSA) is 119 Å². The van der Waals surface area contributed by atoms with E-state index >= 15 is 0 Å². The van der Waals surface area contributed by atoms with Gasteiger partial charge < -0.3 is 24.4 Å². The van der Waals surface area contributed by atoms with E-state index in [-0.39, 0.29) is 6.42 Å². The number of carbonyl (C=O) groups excluding carboxylic acids is 3. The van der Waals surface area contributed by atoms with Crippen LogP contribution < -0.4 is 0 Å². The van der Waals surface area contributed by atoms with Gasteiger partial charge in [-0.2, -0.15) is 0 Å². The number of ether oxygens (including phenoxy) is 3. The van der Waals surface area contributed by atoms with Crippen LogP contribution in [0.3, 0.4) is 0 Å². The second-order valence-electron chi connectivity index (χ2n) is 5.49. The molecule has 0 aromatic carbocycles. The van der Waals surface area contributed by atoms with Crippen molar-refractivity contribution >= 4 is 17.9 Å². The van der Waals surface area contributed by atoms with Gasteiger partial charge in [0, 0.05) is 12.2 Å². The molecule has 1 aliphatic rings. The van der Waals surface area contributed by atoms with E-state index in [4.69, 9.17) is 14.2 Å². The van der Waals surface area contributed by atoms with Crippen LogP contribution in [-0.2, 0) is 28.6 Å². The molecule has 2 N–H and O–H groups in total. The molecule has 1 aliphatic heterocycles. The number of cyclic esters (lactones) is 3. The molecule has 8 nitrogen and oxygen atoms in total. The Labute approximate surface area is 139 Å². The Bertz CT molecular complexity index is 524. The summed E-state index contributed by atoms with van der Waals surface area (Å²) in [4.78, 5) is 34.9. The molecule has 0 amide bonds. The molecule has 5 atom stereocenters. The molecule has 0 aliphatic carbocycles. The van der Waals surface area contributed by atoms with Gasteiger partial charge in [0.1, 0.15) is 30.5 Å². The molecule has 0 unspecified atom stereocenters. The molecule has 0 aromatic rings. The zero-order valence-electron chi connectivity index (χ0n) is 13.7. The van der Waals surface area contributed by atoms with Gasteiger partial charge >= 0.3 is 17.9 Å². The van der Waals surface area contributed by atoms with Crippen LogP contribution in [0, 0.1) is 0 Å². The van der Waals surface area contributed by atoms with E-state index < -0.39 is 48.4 Å². The molecule has 0 saturated carbocycles. The van der Waals surface area contributed by atoms with Crippen LogP contribution in [-0.4, -0.2) is 58.6 Å². The van der Waals surface area contributed by atoms with Crippen LogP contribution in [0.2, 0.25) is 0 Å². The fourth-order valence-electron chi connectivity index (χ4n) is 1.80. The Morgan fingerprint density at radius 2 is 1.29 bits per heavy atom. The van der Waals surface area contributed by atoms with Gasteiger partial charge in [0.15, 0.2) is 0 Å². The van der Waals surface area contributed by atoms with Gasteiger partial charge in [0.05, 0.1) is 6.42 Å². The zero-order chi connectivity index (χ0) is 18.3. The average Bonchev–Trinajstić information content (AvgIpc) is 2.48. The summed E-state index contributed by atoms with van der Waals surface area (Å²) in [5.74, 6) is -2.22. The first-order valence-corrected chi connectivity index (χ1v) is 7.52. The largest absolute Gasteiger partial charge is 0.459 e. The molecule has 134 valence electrons. The number of aliphatic hydroxyl groups is 2. The highest BCUT2D eigenvalue weighted by Gasteiger charge is 2.21. The minimum Gasteiger partial charge on any atom is -0.459 e. The lowest BCUT2D eigenvalue weighted by atomic mass is 10.2. The van der Waals surface area contributed by atoms with E-state index in [1.807, 2.05) is 0 Å². The normalized spacial score (nSPS) is 36.2. The van der Waals surface area contributed by atoms with Crippen molar-refractivity contribution in [3.05, 3.63) is 24.3 Å². The van der Waals surface area contributed by atoms with Crippen molar-refractivity contribution in [3.8, 4) is 0 Å². The van der Waals surface area contributed by atoms with Gasteiger partial charge in [-0.15, -0.1) is 0 Å². The number of esters is 3. The van der Waals surface area contributed by atoms with Gasteiger partial charge in [0.2, 0.25) is 0 Å². The first kappa shape index (κ1) is 19.9. The molecule has 0 bridgehead atoms. The number of aliphatic hydroxyl groups excluding tert-OH is 2. The minimum atomic E-state index is -1.22. The first-order valence-electron chi connectivity index (χ1n) is 7.52. The molecule has 0 fully saturated rings. The van der Waals surface area contributed by atoms with Crippen molar-refractivity contribution in [3.63, 3.8) is 0 Å². The quantitative estimate of drug-likeness (QED) is 0.467. The molecular weight excluding hydrogens is 320 g/mol. The zero-order valence-corrected chi connectivity index (χ0v) is 13.7. The molecule has 0 radical (unpaired) electrons. The highest BCUT2D eigenvalue weighted by atomic mass is 16.6. The summed E-state index contributed by atoms with van der Waals surface area (Å²) in [6.07, 6.45) is -0.961. The van der Waals surface area contributed by atoms with Crippen molar-refractivity contribution in [2.24, 2.45) is 0 Å². The molecule has 0 spiro atoms. The number of hydrogen-bond donors (Lipinski definition) is 2. The van der Waals surface area contributed by atoms with Crippen LogP contribution in [0.15, 0.2) is 24.3 Å². The van der Waals surface area contributed by atoms with Crippen LogP contribution in [0.1, 0.15) is 27.2 Å². The Morgan fingerprint density at radius 3 is 1.83 bits per heavy atom. The van der Waals surface area contributed by atoms with Gasteiger partial charge in [-0.25, -0.2) is 9.59 Å². The molecule has 1 heterocycles. The van der Waals surface area contributed by atoms with Crippen LogP contribution in [0.5, 0.6) is 0 Å². The maximum absolute atomic E-state index is 11.7. The number of rotatable bonds is 0. The summed E-state index contributed by atoms with van der Waals surface area (Å²) < 4.78 is 14.9. The van der Waals surface area contributed by atoms with E-state index in [9.17, 15) is 24.6 Å². The van der Waals surface area contributed by atoms with Gasteiger partial charge in [-0.1, -0.05) is 0 Å². The van der Waals surface area contributed by atoms with Gasteiger partial charge in [-0.05, 0) is 32.9 Å². The van der Waals surface area contributed by atoms with Crippen molar-refractivity contribution in [1.29, 1.82) is 0 Å². The predicted octanol–water partition coefficient (Wildman–Crippen LogP) is 0.0194. The van der Waals surface area contributed by atoms with E-state index in [2.05, 4.69) is 0 Å². The second-order valence-corrected chi connectivity index (χ2v) is 5.49. The number of carbonyl (C=O) groups is 3. The van der Waals surface area contributed by atoms with Crippen LogP contribution in [0.4, 0.5) is 0 Å². The van der Waals surface area contributed by atoms with Crippen molar-refractivity contribution in [2.45, 2.75) is 57.7 Å². The van der Waals surface area contributed by atoms with Gasteiger partial charge in [-0.3, -0.25) is 4.79 Å². The summed E-state index contributed by atoms with van der Waals surface area (Å²) in [6.45, 7) is 4.41. The highest BCUT2D eigenvalue weighted by molar-refractivity contribution is 5.83. The lowest BCUT2D eigenvalue weighted by molar-refractivity contribution is -0.157. The maximum atomic E-state index is 11.7. The Kier molecular flexibility index (Phi) is 7.60. The molecule has 8 heteroatoms. The van der Waals surface area contributed by atoms with Crippen molar-refractivity contribution in [2.75, 3.05) is 0 Å². The van der Waals surface area contributed by atoms with E-state index in [1.165, 1.54) is 20.8 Å². The highest BCUT2D eigenvalue weighted by Crippen LogP contribution is 2.08.